The molecule has 2 atom stereocenters. The number of halogens is 1. The number of benzene rings is 1. The van der Waals surface area contributed by atoms with Crippen LogP contribution in [0.3, 0.4) is 0 Å². The number of hydrogen-bond donors (Lipinski definition) is 1. The van der Waals surface area contributed by atoms with Crippen molar-refractivity contribution in [1.82, 2.24) is 0 Å². The van der Waals surface area contributed by atoms with E-state index in [0.29, 0.717) is 19.4 Å². The van der Waals surface area contributed by atoms with E-state index >= 15 is 0 Å². The molecule has 0 aromatic heterocycles. The predicted molar refractivity (Wildman–Crippen MR) is 69.0 cm³/mol. The third-order valence-electron chi connectivity index (χ3n) is 3.21. The highest BCUT2D eigenvalue weighted by Gasteiger charge is 2.36. The van der Waals surface area contributed by atoms with E-state index in [1.165, 1.54) is 0 Å². The Labute approximate surface area is 110 Å². The lowest BCUT2D eigenvalue weighted by Gasteiger charge is -2.36. The molecule has 2 rings (SSSR count). The molecular formula is C13H17BrO3. The first-order chi connectivity index (χ1) is 8.18. The molecule has 0 radical (unpaired) electrons. The minimum Gasteiger partial charge on any atom is -0.385 e. The van der Waals surface area contributed by atoms with Crippen LogP contribution in [-0.2, 0) is 20.4 Å². The van der Waals surface area contributed by atoms with E-state index in [0.717, 1.165) is 16.5 Å². The molecule has 0 spiro atoms. The van der Waals surface area contributed by atoms with Crippen molar-refractivity contribution in [2.24, 2.45) is 0 Å². The first-order valence-electron chi connectivity index (χ1n) is 5.70. The van der Waals surface area contributed by atoms with Gasteiger partial charge in [0, 0.05) is 25.3 Å². The maximum atomic E-state index is 10.7. The number of rotatable bonds is 3. The third kappa shape index (κ3) is 2.88. The second-order valence-electron chi connectivity index (χ2n) is 4.36. The Balaban J connectivity index is 2.23. The fourth-order valence-electron chi connectivity index (χ4n) is 2.15. The van der Waals surface area contributed by atoms with E-state index in [1.54, 1.807) is 7.11 Å². The van der Waals surface area contributed by atoms with Crippen molar-refractivity contribution >= 4 is 15.9 Å². The van der Waals surface area contributed by atoms with Gasteiger partial charge in [-0.1, -0.05) is 40.2 Å². The van der Waals surface area contributed by atoms with Gasteiger partial charge in [0.15, 0.2) is 6.29 Å². The van der Waals surface area contributed by atoms with E-state index in [4.69, 9.17) is 9.47 Å². The fraction of sp³-hybridized carbons (Fsp3) is 0.538. The van der Waals surface area contributed by atoms with Crippen LogP contribution in [0.4, 0.5) is 0 Å². The van der Waals surface area contributed by atoms with Gasteiger partial charge in [0.25, 0.3) is 0 Å². The van der Waals surface area contributed by atoms with Gasteiger partial charge in [-0.3, -0.25) is 0 Å². The first-order valence-corrected chi connectivity index (χ1v) is 6.82. The summed E-state index contributed by atoms with van der Waals surface area (Å²) in [4.78, 5) is 0. The van der Waals surface area contributed by atoms with Gasteiger partial charge < -0.3 is 14.6 Å². The van der Waals surface area contributed by atoms with Crippen molar-refractivity contribution in [3.63, 3.8) is 0 Å². The number of alkyl halides is 1. The Hall–Kier alpha value is -0.420. The maximum absolute atomic E-state index is 10.7. The van der Waals surface area contributed by atoms with E-state index < -0.39 is 5.60 Å². The zero-order chi connectivity index (χ0) is 12.3. The molecule has 1 fully saturated rings. The van der Waals surface area contributed by atoms with Gasteiger partial charge in [0.2, 0.25) is 0 Å². The van der Waals surface area contributed by atoms with Gasteiger partial charge in [-0.05, 0) is 11.1 Å². The molecule has 0 bridgehead atoms. The summed E-state index contributed by atoms with van der Waals surface area (Å²) in [5, 5.41) is 11.5. The Kier molecular flexibility index (Phi) is 4.20. The van der Waals surface area contributed by atoms with Gasteiger partial charge in [-0.15, -0.1) is 0 Å². The molecule has 0 unspecified atom stereocenters. The van der Waals surface area contributed by atoms with E-state index in [-0.39, 0.29) is 6.29 Å². The van der Waals surface area contributed by atoms with Crippen LogP contribution in [0.1, 0.15) is 24.0 Å². The Morgan fingerprint density at radius 1 is 1.59 bits per heavy atom. The zero-order valence-electron chi connectivity index (χ0n) is 9.86. The quantitative estimate of drug-likeness (QED) is 0.872. The highest BCUT2D eigenvalue weighted by molar-refractivity contribution is 9.08. The van der Waals surface area contributed by atoms with Crippen molar-refractivity contribution < 1.29 is 14.6 Å². The lowest BCUT2D eigenvalue weighted by molar-refractivity contribution is -0.202. The molecule has 1 saturated heterocycles. The summed E-state index contributed by atoms with van der Waals surface area (Å²) >= 11 is 3.43. The van der Waals surface area contributed by atoms with Gasteiger partial charge in [0.05, 0.1) is 12.2 Å². The number of ether oxygens (including phenoxy) is 2. The Morgan fingerprint density at radius 2 is 2.41 bits per heavy atom. The van der Waals surface area contributed by atoms with Crippen molar-refractivity contribution in [3.05, 3.63) is 35.4 Å². The molecule has 94 valence electrons. The van der Waals surface area contributed by atoms with Gasteiger partial charge >= 0.3 is 0 Å². The summed E-state index contributed by atoms with van der Waals surface area (Å²) in [6.07, 6.45) is 0.773. The summed E-state index contributed by atoms with van der Waals surface area (Å²) in [6, 6.07) is 8.01. The Bertz CT molecular complexity index is 383. The average Bonchev–Trinajstić information content (AvgIpc) is 2.39. The summed E-state index contributed by atoms with van der Waals surface area (Å²) in [6.45, 7) is 0.521. The normalized spacial score (nSPS) is 29.2. The molecule has 1 heterocycles. The van der Waals surface area contributed by atoms with Crippen LogP contribution in [0.2, 0.25) is 0 Å². The van der Waals surface area contributed by atoms with Crippen LogP contribution >= 0.6 is 15.9 Å². The molecule has 3 nitrogen and oxygen atoms in total. The van der Waals surface area contributed by atoms with Crippen molar-refractivity contribution in [3.8, 4) is 0 Å². The highest BCUT2D eigenvalue weighted by atomic mass is 79.9. The molecular weight excluding hydrogens is 284 g/mol. The molecule has 1 N–H and O–H groups in total. The lowest BCUT2D eigenvalue weighted by atomic mass is 9.85. The summed E-state index contributed by atoms with van der Waals surface area (Å²) in [7, 11) is 1.60. The monoisotopic (exact) mass is 300 g/mol. The maximum Gasteiger partial charge on any atom is 0.160 e. The van der Waals surface area contributed by atoms with Crippen molar-refractivity contribution in [2.45, 2.75) is 30.1 Å². The minimum absolute atomic E-state index is 0.318. The standard InChI is InChI=1S/C13H17BrO3/c1-16-12-8-13(15,5-6-17-12)11-4-2-3-10(7-11)9-14/h2-4,7,12,15H,5-6,8-9H2,1H3/t12-,13-/m1/s1. The molecule has 0 aliphatic carbocycles. The molecule has 0 saturated carbocycles. The van der Waals surface area contributed by atoms with Crippen LogP contribution in [-0.4, -0.2) is 25.1 Å². The molecule has 1 aliphatic rings. The van der Waals surface area contributed by atoms with Crippen molar-refractivity contribution in [1.29, 1.82) is 0 Å². The lowest BCUT2D eigenvalue weighted by Crippen LogP contribution is -2.39. The molecule has 1 aromatic rings. The molecule has 4 heteroatoms. The Morgan fingerprint density at radius 3 is 3.12 bits per heavy atom. The van der Waals surface area contributed by atoms with Crippen LogP contribution in [0.15, 0.2) is 24.3 Å². The summed E-state index contributed by atoms with van der Waals surface area (Å²) in [5.74, 6) is 0. The van der Waals surface area contributed by atoms with Gasteiger partial charge in [-0.25, -0.2) is 0 Å². The number of aliphatic hydroxyl groups is 1. The topological polar surface area (TPSA) is 38.7 Å². The molecule has 0 amide bonds. The summed E-state index contributed by atoms with van der Waals surface area (Å²) < 4.78 is 10.6. The largest absolute Gasteiger partial charge is 0.385 e. The number of hydrogen-bond acceptors (Lipinski definition) is 3. The smallest absolute Gasteiger partial charge is 0.160 e. The van der Waals surface area contributed by atoms with Crippen molar-refractivity contribution in [2.75, 3.05) is 13.7 Å². The SMILES string of the molecule is CO[C@H]1C[C@@](O)(c2cccc(CBr)c2)CCO1. The zero-order valence-corrected chi connectivity index (χ0v) is 11.4. The van der Waals surface area contributed by atoms with Crippen LogP contribution in [0.5, 0.6) is 0 Å². The minimum atomic E-state index is -0.836. The van der Waals surface area contributed by atoms with Gasteiger partial charge in [0.1, 0.15) is 0 Å². The second kappa shape index (κ2) is 5.48. The third-order valence-corrected chi connectivity index (χ3v) is 3.85. The summed E-state index contributed by atoms with van der Waals surface area (Å²) in [5.41, 5.74) is 1.27. The van der Waals surface area contributed by atoms with E-state index in [2.05, 4.69) is 15.9 Å². The highest BCUT2D eigenvalue weighted by Crippen LogP contribution is 2.35. The molecule has 1 aliphatic heterocycles. The fourth-order valence-corrected chi connectivity index (χ4v) is 2.50. The predicted octanol–water partition coefficient (Wildman–Crippen LogP) is 2.55. The van der Waals surface area contributed by atoms with E-state index in [9.17, 15) is 5.11 Å². The number of methoxy groups -OCH3 is 1. The molecule has 17 heavy (non-hydrogen) atoms. The van der Waals surface area contributed by atoms with Crippen LogP contribution < -0.4 is 0 Å². The van der Waals surface area contributed by atoms with E-state index in [1.807, 2.05) is 24.3 Å². The van der Waals surface area contributed by atoms with Gasteiger partial charge in [-0.2, -0.15) is 0 Å². The molecule has 1 aromatic carbocycles. The van der Waals surface area contributed by atoms with Crippen LogP contribution in [0, 0.1) is 0 Å². The van der Waals surface area contributed by atoms with Crippen LogP contribution in [0.25, 0.3) is 0 Å². The first kappa shape index (κ1) is 13.0. The second-order valence-corrected chi connectivity index (χ2v) is 4.92. The average molecular weight is 301 g/mol.